The quantitative estimate of drug-likeness (QED) is 0.865. The van der Waals surface area contributed by atoms with Crippen molar-refractivity contribution in [2.75, 3.05) is 5.88 Å². The summed E-state index contributed by atoms with van der Waals surface area (Å²) in [6.07, 6.45) is 5.35. The molecule has 3 nitrogen and oxygen atoms in total. The predicted molar refractivity (Wildman–Crippen MR) is 80.2 cm³/mol. The maximum absolute atomic E-state index is 12.4. The summed E-state index contributed by atoms with van der Waals surface area (Å²) in [5.74, 6) is 0.656. The van der Waals surface area contributed by atoms with E-state index in [1.54, 1.807) is 6.07 Å². The first-order valence-corrected chi connectivity index (χ1v) is 7.63. The SMILES string of the molecule is O=C(NC1(CCl)CCCCC1)c1cc2ccccc2o1. The molecule has 0 radical (unpaired) electrons. The molecule has 0 spiro atoms. The molecule has 0 bridgehead atoms. The molecule has 1 aliphatic carbocycles. The molecular weight excluding hydrogens is 274 g/mol. The van der Waals surface area contributed by atoms with Crippen molar-refractivity contribution in [2.45, 2.75) is 37.6 Å². The summed E-state index contributed by atoms with van der Waals surface area (Å²) >= 11 is 6.10. The molecule has 0 atom stereocenters. The van der Waals surface area contributed by atoms with Crippen molar-refractivity contribution in [3.05, 3.63) is 36.1 Å². The number of amides is 1. The molecule has 20 heavy (non-hydrogen) atoms. The largest absolute Gasteiger partial charge is 0.451 e. The highest BCUT2D eigenvalue weighted by atomic mass is 35.5. The third-order valence-corrected chi connectivity index (χ3v) is 4.61. The average Bonchev–Trinajstić information content (AvgIpc) is 2.92. The molecule has 2 aromatic rings. The highest BCUT2D eigenvalue weighted by Crippen LogP contribution is 2.30. The Morgan fingerprint density at radius 1 is 1.25 bits per heavy atom. The van der Waals surface area contributed by atoms with Gasteiger partial charge in [0, 0.05) is 11.3 Å². The van der Waals surface area contributed by atoms with Crippen LogP contribution in [0, 0.1) is 0 Å². The normalized spacial score (nSPS) is 18.1. The molecule has 1 amide bonds. The van der Waals surface area contributed by atoms with E-state index in [1.165, 1.54) is 6.42 Å². The molecule has 106 valence electrons. The smallest absolute Gasteiger partial charge is 0.287 e. The second kappa shape index (κ2) is 5.49. The Labute approximate surface area is 123 Å². The van der Waals surface area contributed by atoms with E-state index in [0.29, 0.717) is 11.6 Å². The van der Waals surface area contributed by atoms with Gasteiger partial charge in [0.25, 0.3) is 5.91 Å². The average molecular weight is 292 g/mol. The van der Waals surface area contributed by atoms with E-state index in [0.717, 1.165) is 36.7 Å². The maximum atomic E-state index is 12.4. The molecule has 1 heterocycles. The third kappa shape index (κ3) is 2.55. The summed E-state index contributed by atoms with van der Waals surface area (Å²) in [5, 5.41) is 4.04. The van der Waals surface area contributed by atoms with Gasteiger partial charge >= 0.3 is 0 Å². The number of hydrogen-bond acceptors (Lipinski definition) is 2. The second-order valence-corrected chi connectivity index (χ2v) is 5.84. The molecule has 1 aliphatic rings. The minimum absolute atomic E-state index is 0.163. The van der Waals surface area contributed by atoms with Crippen LogP contribution in [0.5, 0.6) is 0 Å². The molecule has 0 unspecified atom stereocenters. The van der Waals surface area contributed by atoms with Crippen molar-refractivity contribution in [1.82, 2.24) is 5.32 Å². The molecule has 1 aromatic carbocycles. The van der Waals surface area contributed by atoms with Gasteiger partial charge in [-0.2, -0.15) is 0 Å². The van der Waals surface area contributed by atoms with Crippen LogP contribution in [-0.4, -0.2) is 17.3 Å². The second-order valence-electron chi connectivity index (χ2n) is 5.58. The number of rotatable bonds is 3. The Morgan fingerprint density at radius 3 is 2.70 bits per heavy atom. The van der Waals surface area contributed by atoms with E-state index in [1.807, 2.05) is 24.3 Å². The minimum Gasteiger partial charge on any atom is -0.451 e. The van der Waals surface area contributed by atoms with Crippen molar-refractivity contribution in [1.29, 1.82) is 0 Å². The first-order valence-electron chi connectivity index (χ1n) is 7.09. The number of hydrogen-bond donors (Lipinski definition) is 1. The topological polar surface area (TPSA) is 42.2 Å². The van der Waals surface area contributed by atoms with Gasteiger partial charge in [-0.05, 0) is 25.0 Å². The van der Waals surface area contributed by atoms with Crippen LogP contribution in [0.25, 0.3) is 11.0 Å². The van der Waals surface area contributed by atoms with Crippen LogP contribution in [0.1, 0.15) is 42.7 Å². The number of nitrogens with one attached hydrogen (secondary N) is 1. The number of para-hydroxylation sites is 1. The summed E-state index contributed by atoms with van der Waals surface area (Å²) < 4.78 is 5.61. The van der Waals surface area contributed by atoms with Crippen LogP contribution in [0.4, 0.5) is 0 Å². The van der Waals surface area contributed by atoms with Crippen molar-refractivity contribution >= 4 is 28.5 Å². The summed E-state index contributed by atoms with van der Waals surface area (Å²) in [7, 11) is 0. The molecule has 0 saturated heterocycles. The van der Waals surface area contributed by atoms with Crippen LogP contribution < -0.4 is 5.32 Å². The molecule has 0 aliphatic heterocycles. The van der Waals surface area contributed by atoms with Crippen molar-refractivity contribution in [2.24, 2.45) is 0 Å². The number of carbonyl (C=O) groups is 1. The lowest BCUT2D eigenvalue weighted by molar-refractivity contribution is 0.0858. The molecule has 1 fully saturated rings. The fourth-order valence-electron chi connectivity index (χ4n) is 2.92. The van der Waals surface area contributed by atoms with Gasteiger partial charge in [0.05, 0.1) is 5.54 Å². The number of carbonyl (C=O) groups excluding carboxylic acids is 1. The van der Waals surface area contributed by atoms with Crippen LogP contribution in [-0.2, 0) is 0 Å². The first kappa shape index (κ1) is 13.5. The van der Waals surface area contributed by atoms with E-state index < -0.39 is 0 Å². The minimum atomic E-state index is -0.268. The number of fused-ring (bicyclic) bond motifs is 1. The lowest BCUT2D eigenvalue weighted by atomic mass is 9.83. The van der Waals surface area contributed by atoms with Gasteiger partial charge in [0.15, 0.2) is 5.76 Å². The van der Waals surface area contributed by atoms with E-state index in [-0.39, 0.29) is 11.4 Å². The standard InChI is InChI=1S/C16H18ClNO2/c17-11-16(8-4-1-5-9-16)18-15(19)14-10-12-6-2-3-7-13(12)20-14/h2-3,6-7,10H,1,4-5,8-9,11H2,(H,18,19). The summed E-state index contributed by atoms with van der Waals surface area (Å²) in [4.78, 5) is 12.4. The fourth-order valence-corrected chi connectivity index (χ4v) is 3.25. The zero-order valence-corrected chi connectivity index (χ0v) is 12.1. The molecular formula is C16H18ClNO2. The van der Waals surface area contributed by atoms with Crippen molar-refractivity contribution in [3.8, 4) is 0 Å². The highest BCUT2D eigenvalue weighted by Gasteiger charge is 2.33. The number of furan rings is 1. The Bertz CT molecular complexity index is 581. The highest BCUT2D eigenvalue weighted by molar-refractivity contribution is 6.19. The van der Waals surface area contributed by atoms with Gasteiger partial charge < -0.3 is 9.73 Å². The Kier molecular flexibility index (Phi) is 3.70. The van der Waals surface area contributed by atoms with Gasteiger partial charge in [-0.1, -0.05) is 37.5 Å². The van der Waals surface area contributed by atoms with Gasteiger partial charge in [0.1, 0.15) is 5.58 Å². The molecule has 1 saturated carbocycles. The van der Waals surface area contributed by atoms with Crippen LogP contribution in [0.2, 0.25) is 0 Å². The van der Waals surface area contributed by atoms with Crippen LogP contribution in [0.15, 0.2) is 34.7 Å². The van der Waals surface area contributed by atoms with Gasteiger partial charge in [-0.3, -0.25) is 4.79 Å². The first-order chi connectivity index (χ1) is 9.72. The molecule has 1 aromatic heterocycles. The van der Waals surface area contributed by atoms with E-state index >= 15 is 0 Å². The monoisotopic (exact) mass is 291 g/mol. The molecule has 3 rings (SSSR count). The zero-order valence-electron chi connectivity index (χ0n) is 11.3. The lowest BCUT2D eigenvalue weighted by Gasteiger charge is -2.36. The van der Waals surface area contributed by atoms with Crippen molar-refractivity contribution in [3.63, 3.8) is 0 Å². The molecule has 1 N–H and O–H groups in total. The predicted octanol–water partition coefficient (Wildman–Crippen LogP) is 4.10. The molecule has 4 heteroatoms. The van der Waals surface area contributed by atoms with Gasteiger partial charge in [0.2, 0.25) is 0 Å². The summed E-state index contributed by atoms with van der Waals surface area (Å²) in [5.41, 5.74) is 0.469. The van der Waals surface area contributed by atoms with Crippen molar-refractivity contribution < 1.29 is 9.21 Å². The van der Waals surface area contributed by atoms with E-state index in [9.17, 15) is 4.79 Å². The zero-order chi connectivity index (χ0) is 14.0. The van der Waals surface area contributed by atoms with Crippen LogP contribution in [0.3, 0.4) is 0 Å². The summed E-state index contributed by atoms with van der Waals surface area (Å²) in [6, 6.07) is 9.42. The lowest BCUT2D eigenvalue weighted by Crippen LogP contribution is -2.51. The number of alkyl halides is 1. The summed E-state index contributed by atoms with van der Waals surface area (Å²) in [6.45, 7) is 0. The third-order valence-electron chi connectivity index (χ3n) is 4.09. The Balaban J connectivity index is 1.81. The fraction of sp³-hybridized carbons (Fsp3) is 0.438. The van der Waals surface area contributed by atoms with E-state index in [4.69, 9.17) is 16.0 Å². The maximum Gasteiger partial charge on any atom is 0.287 e. The van der Waals surface area contributed by atoms with Gasteiger partial charge in [-0.15, -0.1) is 11.6 Å². The number of halogens is 1. The van der Waals surface area contributed by atoms with E-state index in [2.05, 4.69) is 5.32 Å². The Morgan fingerprint density at radius 2 is 2.00 bits per heavy atom. The Hall–Kier alpha value is -1.48. The number of benzene rings is 1. The van der Waals surface area contributed by atoms with Gasteiger partial charge in [-0.25, -0.2) is 0 Å². The van der Waals surface area contributed by atoms with Crippen LogP contribution >= 0.6 is 11.6 Å².